The number of allylic oxidation sites excluding steroid dienone is 1. The van der Waals surface area contributed by atoms with Crippen LogP contribution in [0.3, 0.4) is 0 Å². The van der Waals surface area contributed by atoms with E-state index in [4.69, 9.17) is 0 Å². The zero-order valence-corrected chi connectivity index (χ0v) is 13.4. The third-order valence-corrected chi connectivity index (χ3v) is 4.22. The molecule has 6 heteroatoms. The minimum atomic E-state index is -1.36. The molecule has 1 aromatic heterocycles. The third-order valence-electron chi connectivity index (χ3n) is 4.22. The van der Waals surface area contributed by atoms with Gasteiger partial charge in [-0.1, -0.05) is 30.4 Å². The maximum Gasteiger partial charge on any atom is 0.341 e. The van der Waals surface area contributed by atoms with Crippen molar-refractivity contribution in [2.45, 2.75) is 25.8 Å². The highest BCUT2D eigenvalue weighted by Crippen LogP contribution is 2.20. The van der Waals surface area contributed by atoms with Crippen LogP contribution in [0, 0.1) is 5.82 Å². The molecular formula is C19H16FNO4. The summed E-state index contributed by atoms with van der Waals surface area (Å²) >= 11 is 0. The first kappa shape index (κ1) is 16.8. The Kier molecular flexibility index (Phi) is 4.61. The highest BCUT2D eigenvalue weighted by Gasteiger charge is 2.26. The quantitative estimate of drug-likeness (QED) is 0.928. The largest absolute Gasteiger partial charge is 0.477 e. The molecule has 0 spiro atoms. The minimum Gasteiger partial charge on any atom is -0.477 e. The van der Waals surface area contributed by atoms with E-state index in [-0.39, 0.29) is 30.1 Å². The molecule has 1 heterocycles. The number of pyridine rings is 1. The van der Waals surface area contributed by atoms with Crippen molar-refractivity contribution < 1.29 is 19.1 Å². The molecule has 1 aliphatic rings. The molecule has 2 aromatic rings. The summed E-state index contributed by atoms with van der Waals surface area (Å²) in [5.41, 5.74) is -0.211. The van der Waals surface area contributed by atoms with Crippen LogP contribution in [-0.4, -0.2) is 21.4 Å². The maximum atomic E-state index is 13.6. The van der Waals surface area contributed by atoms with Crippen molar-refractivity contribution in [1.82, 2.24) is 4.57 Å². The summed E-state index contributed by atoms with van der Waals surface area (Å²) in [5.74, 6) is -2.04. The number of carboxylic acids is 1. The molecule has 1 N–H and O–H groups in total. The fourth-order valence-corrected chi connectivity index (χ4v) is 3.02. The topological polar surface area (TPSA) is 76.4 Å². The van der Waals surface area contributed by atoms with Crippen LogP contribution < -0.4 is 5.43 Å². The number of hydrogen-bond donors (Lipinski definition) is 1. The number of hydrogen-bond acceptors (Lipinski definition) is 3. The monoisotopic (exact) mass is 341 g/mol. The minimum absolute atomic E-state index is 0.0227. The van der Waals surface area contributed by atoms with Gasteiger partial charge in [-0.3, -0.25) is 9.59 Å². The Morgan fingerprint density at radius 2 is 2.00 bits per heavy atom. The van der Waals surface area contributed by atoms with Crippen LogP contribution in [0.1, 0.15) is 44.8 Å². The van der Waals surface area contributed by atoms with Crippen LogP contribution in [0.5, 0.6) is 0 Å². The van der Waals surface area contributed by atoms with Crippen LogP contribution in [-0.2, 0) is 13.0 Å². The van der Waals surface area contributed by atoms with E-state index in [1.807, 2.05) is 0 Å². The fourth-order valence-electron chi connectivity index (χ4n) is 3.02. The molecule has 0 fully saturated rings. The number of Topliss-reactive ketones (excluding diaryl/α,β-unsaturated/α-hetero) is 1. The van der Waals surface area contributed by atoms with Gasteiger partial charge in [0, 0.05) is 30.4 Å². The van der Waals surface area contributed by atoms with E-state index in [0.717, 1.165) is 0 Å². The van der Waals surface area contributed by atoms with Gasteiger partial charge >= 0.3 is 5.97 Å². The molecule has 1 aromatic carbocycles. The molecule has 0 unspecified atom stereocenters. The van der Waals surface area contributed by atoms with E-state index in [9.17, 15) is 23.9 Å². The molecule has 0 radical (unpaired) electrons. The predicted molar refractivity (Wildman–Crippen MR) is 90.4 cm³/mol. The number of nitrogens with zero attached hydrogens (tertiary/aromatic N) is 1. The molecule has 25 heavy (non-hydrogen) atoms. The van der Waals surface area contributed by atoms with Gasteiger partial charge in [0.25, 0.3) is 0 Å². The van der Waals surface area contributed by atoms with Gasteiger partial charge in [-0.2, -0.15) is 0 Å². The number of rotatable bonds is 4. The first-order valence-electron chi connectivity index (χ1n) is 7.93. The first-order chi connectivity index (χ1) is 12.0. The predicted octanol–water partition coefficient (Wildman–Crippen LogP) is 2.92. The van der Waals surface area contributed by atoms with Crippen molar-refractivity contribution in [3.05, 3.63) is 75.0 Å². The van der Waals surface area contributed by atoms with Crippen LogP contribution >= 0.6 is 0 Å². The molecule has 0 aliphatic heterocycles. The lowest BCUT2D eigenvalue weighted by Crippen LogP contribution is -2.30. The molecule has 0 amide bonds. The Bertz CT molecular complexity index is 943. The van der Waals surface area contributed by atoms with Gasteiger partial charge in [0.05, 0.1) is 5.56 Å². The number of aromatic carboxylic acids is 1. The zero-order chi connectivity index (χ0) is 18.0. The van der Waals surface area contributed by atoms with Crippen molar-refractivity contribution in [3.63, 3.8) is 0 Å². The highest BCUT2D eigenvalue weighted by atomic mass is 19.1. The Labute approximate surface area is 143 Å². The van der Waals surface area contributed by atoms with E-state index in [1.165, 1.54) is 12.3 Å². The number of fused-ring (bicyclic) bond motifs is 1. The average Bonchev–Trinajstić information content (AvgIpc) is 2.58. The average molecular weight is 341 g/mol. The summed E-state index contributed by atoms with van der Waals surface area (Å²) in [4.78, 5) is 35.7. The third kappa shape index (κ3) is 3.28. The summed E-state index contributed by atoms with van der Waals surface area (Å²) in [5, 5.41) is 9.23. The number of halogens is 1. The van der Waals surface area contributed by atoms with E-state index in [1.54, 1.807) is 34.9 Å². The number of benzene rings is 1. The SMILES string of the molecule is O=C(O)c1cn(C/C=C/c2ccccc2F)c2c(c1=O)C(=O)CCC2. The molecule has 0 saturated heterocycles. The van der Waals surface area contributed by atoms with Gasteiger partial charge in [-0.15, -0.1) is 0 Å². The van der Waals surface area contributed by atoms with E-state index in [2.05, 4.69) is 0 Å². The second kappa shape index (κ2) is 6.84. The van der Waals surface area contributed by atoms with Crippen LogP contribution in [0.25, 0.3) is 6.08 Å². The Hall–Kier alpha value is -3.02. The lowest BCUT2D eigenvalue weighted by atomic mass is 9.92. The first-order valence-corrected chi connectivity index (χ1v) is 7.93. The zero-order valence-electron chi connectivity index (χ0n) is 13.4. The number of carbonyl (C=O) groups excluding carboxylic acids is 1. The smallest absolute Gasteiger partial charge is 0.341 e. The van der Waals surface area contributed by atoms with Crippen molar-refractivity contribution >= 4 is 17.8 Å². The van der Waals surface area contributed by atoms with E-state index < -0.39 is 17.0 Å². The van der Waals surface area contributed by atoms with Crippen molar-refractivity contribution in [2.75, 3.05) is 0 Å². The van der Waals surface area contributed by atoms with E-state index in [0.29, 0.717) is 24.1 Å². The highest BCUT2D eigenvalue weighted by molar-refractivity contribution is 6.00. The Balaban J connectivity index is 2.01. The molecular weight excluding hydrogens is 325 g/mol. The number of aromatic nitrogens is 1. The maximum absolute atomic E-state index is 13.6. The van der Waals surface area contributed by atoms with Gasteiger partial charge in [0.1, 0.15) is 11.4 Å². The van der Waals surface area contributed by atoms with Crippen LogP contribution in [0.2, 0.25) is 0 Å². The summed E-state index contributed by atoms with van der Waals surface area (Å²) < 4.78 is 15.2. The summed E-state index contributed by atoms with van der Waals surface area (Å²) in [6.07, 6.45) is 5.92. The van der Waals surface area contributed by atoms with Gasteiger partial charge < -0.3 is 9.67 Å². The standard InChI is InChI=1S/C19H16FNO4/c20-14-7-2-1-5-12(14)6-4-10-21-11-13(19(24)25)18(23)17-15(21)8-3-9-16(17)22/h1-2,4-7,11H,3,8-10H2,(H,24,25)/b6-4+. The second-order valence-corrected chi connectivity index (χ2v) is 5.85. The summed E-state index contributed by atoms with van der Waals surface area (Å²) in [7, 11) is 0. The van der Waals surface area contributed by atoms with Gasteiger partial charge in [-0.25, -0.2) is 9.18 Å². The molecule has 3 rings (SSSR count). The lowest BCUT2D eigenvalue weighted by Gasteiger charge is -2.20. The van der Waals surface area contributed by atoms with Gasteiger partial charge in [0.15, 0.2) is 5.78 Å². The van der Waals surface area contributed by atoms with Crippen LogP contribution in [0.15, 0.2) is 41.3 Å². The van der Waals surface area contributed by atoms with Gasteiger partial charge in [0.2, 0.25) is 5.43 Å². The van der Waals surface area contributed by atoms with Gasteiger partial charge in [-0.05, 0) is 18.9 Å². The summed E-state index contributed by atoms with van der Waals surface area (Å²) in [6.45, 7) is 0.241. The number of ketones is 1. The van der Waals surface area contributed by atoms with Crippen molar-refractivity contribution in [1.29, 1.82) is 0 Å². The Morgan fingerprint density at radius 3 is 2.72 bits per heavy atom. The fraction of sp³-hybridized carbons (Fsp3) is 0.211. The molecule has 1 aliphatic carbocycles. The second-order valence-electron chi connectivity index (χ2n) is 5.85. The molecule has 0 bridgehead atoms. The molecule has 0 saturated carbocycles. The van der Waals surface area contributed by atoms with Crippen molar-refractivity contribution in [2.24, 2.45) is 0 Å². The summed E-state index contributed by atoms with van der Waals surface area (Å²) in [6, 6.07) is 6.28. The van der Waals surface area contributed by atoms with Crippen molar-refractivity contribution in [3.8, 4) is 0 Å². The van der Waals surface area contributed by atoms with Crippen LogP contribution in [0.4, 0.5) is 4.39 Å². The number of carboxylic acid groups (broad SMARTS) is 1. The van der Waals surface area contributed by atoms with E-state index >= 15 is 0 Å². The molecule has 5 nitrogen and oxygen atoms in total. The molecule has 128 valence electrons. The molecule has 0 atom stereocenters. The number of carbonyl (C=O) groups is 2. The normalized spacial score (nSPS) is 13.9. The Morgan fingerprint density at radius 1 is 1.24 bits per heavy atom. The lowest BCUT2D eigenvalue weighted by molar-refractivity contribution is 0.0694.